The number of hydrogen-bond acceptors (Lipinski definition) is 2. The van der Waals surface area contributed by atoms with Crippen LogP contribution in [0.5, 0.6) is 0 Å². The van der Waals surface area contributed by atoms with Crippen molar-refractivity contribution in [2.24, 2.45) is 6.20 Å². The molecule has 0 radical (unpaired) electrons. The maximum absolute atomic E-state index is 4.60. The summed E-state index contributed by atoms with van der Waals surface area (Å²) in [5.41, 5.74) is 0. The third-order valence-corrected chi connectivity index (χ3v) is 16.3. The molecule has 4 heteroatoms. The fourth-order valence-electron chi connectivity index (χ4n) is 1.60. The minimum atomic E-state index is -1.49. The molecule has 0 unspecified atom stereocenters. The van der Waals surface area contributed by atoms with E-state index in [0.29, 0.717) is 0 Å². The molecule has 2 aliphatic rings. The average Bonchev–Trinajstić information content (AvgIpc) is 2.74. The van der Waals surface area contributed by atoms with Crippen LogP contribution in [0.2, 0.25) is 8.35 Å². The Morgan fingerprint density at radius 1 is 0.833 bits per heavy atom. The fourth-order valence-corrected chi connectivity index (χ4v) is 17.3. The third-order valence-electron chi connectivity index (χ3n) is 2.34. The summed E-state index contributed by atoms with van der Waals surface area (Å²) in [5, 5.41) is 0. The van der Waals surface area contributed by atoms with Gasteiger partial charge in [0.2, 0.25) is 0 Å². The molecule has 0 aliphatic carbocycles. The van der Waals surface area contributed by atoms with Gasteiger partial charge in [-0.15, -0.1) is 0 Å². The van der Waals surface area contributed by atoms with Gasteiger partial charge < -0.3 is 0 Å². The Labute approximate surface area is 89.7 Å². The van der Waals surface area contributed by atoms with E-state index in [1.807, 2.05) is 0 Å². The van der Waals surface area contributed by atoms with Gasteiger partial charge >= 0.3 is 90.7 Å². The second-order valence-electron chi connectivity index (χ2n) is 3.38. The van der Waals surface area contributed by atoms with Gasteiger partial charge in [-0.3, -0.25) is 0 Å². The summed E-state index contributed by atoms with van der Waals surface area (Å²) in [6.07, 6.45) is 7.19. The fraction of sp³-hybridized carbons (Fsp3) is 0.500. The predicted octanol–water partition coefficient (Wildman–Crippen LogP) is 2.42. The predicted molar refractivity (Wildman–Crippen MR) is 53.5 cm³/mol. The summed E-state index contributed by atoms with van der Waals surface area (Å²) in [5.74, 6) is 0. The van der Waals surface area contributed by atoms with Crippen LogP contribution in [0, 0.1) is 0 Å². The molecule has 0 atom stereocenters. The van der Waals surface area contributed by atoms with E-state index >= 15 is 0 Å². The molecule has 2 rings (SSSR count). The Kier molecular flexibility index (Phi) is 3.82. The van der Waals surface area contributed by atoms with Gasteiger partial charge in [0.25, 0.3) is 0 Å². The molecule has 12 heavy (non-hydrogen) atoms. The molecule has 2 heterocycles. The minimum absolute atomic E-state index is 1.29. The standard InChI is InChI=1S/2C4H6.2In.N2/c2*1-3-4-2;;;1-2/h2*1,3H,2,4H2;;;/q;;2*+1;-2. The first-order valence-corrected chi connectivity index (χ1v) is 16.1. The molecular formula is C8H12In2N2. The van der Waals surface area contributed by atoms with E-state index in [4.69, 9.17) is 0 Å². The van der Waals surface area contributed by atoms with Crippen LogP contribution < -0.4 is 0 Å². The summed E-state index contributed by atoms with van der Waals surface area (Å²) in [6.45, 7) is 0. The molecule has 0 amide bonds. The zero-order valence-electron chi connectivity index (χ0n) is 7.19. The Hall–Kier alpha value is 0.820. The van der Waals surface area contributed by atoms with Crippen LogP contribution in [-0.2, 0) is 0 Å². The van der Waals surface area contributed by atoms with E-state index in [2.05, 4.69) is 26.0 Å². The topological polar surface area (TPSA) is 24.7 Å². The second-order valence-corrected chi connectivity index (χ2v) is 16.7. The van der Waals surface area contributed by atoms with Crippen LogP contribution >= 0.6 is 0 Å². The van der Waals surface area contributed by atoms with Crippen LogP contribution in [0.25, 0.3) is 0 Å². The van der Waals surface area contributed by atoms with E-state index in [9.17, 15) is 0 Å². The van der Waals surface area contributed by atoms with Crippen LogP contribution in [0.3, 0.4) is 0 Å². The monoisotopic (exact) mass is 366 g/mol. The van der Waals surface area contributed by atoms with Gasteiger partial charge in [-0.1, -0.05) is 0 Å². The first-order chi connectivity index (χ1) is 5.95. The normalized spacial score (nSPS) is 22.0. The first kappa shape index (κ1) is 9.38. The van der Waals surface area contributed by atoms with E-state index in [1.54, 1.807) is 0 Å². The van der Waals surface area contributed by atoms with Crippen molar-refractivity contribution in [1.82, 2.24) is 0 Å². The van der Waals surface area contributed by atoms with Crippen molar-refractivity contribution in [3.63, 3.8) is 0 Å². The molecule has 0 fully saturated rings. The molecule has 0 bridgehead atoms. The van der Waals surface area contributed by atoms with Crippen molar-refractivity contribution in [3.05, 3.63) is 19.8 Å². The van der Waals surface area contributed by atoms with E-state index in [-0.39, 0.29) is 0 Å². The van der Waals surface area contributed by atoms with Crippen molar-refractivity contribution in [1.29, 1.82) is 0 Å². The van der Waals surface area contributed by atoms with E-state index in [0.717, 1.165) is 0 Å². The van der Waals surface area contributed by atoms with Gasteiger partial charge in [0, 0.05) is 0 Å². The van der Waals surface area contributed by atoms with E-state index in [1.165, 1.54) is 21.2 Å². The van der Waals surface area contributed by atoms with Crippen molar-refractivity contribution in [3.8, 4) is 0 Å². The summed E-state index contributed by atoms with van der Waals surface area (Å²) < 4.78 is 16.8. The molecule has 0 spiro atoms. The maximum atomic E-state index is 4.60. The second kappa shape index (κ2) is 4.89. The molecule has 0 saturated carbocycles. The van der Waals surface area contributed by atoms with Gasteiger partial charge in [-0.25, -0.2) is 0 Å². The Bertz CT molecular complexity index is 211. The van der Waals surface area contributed by atoms with E-state index < -0.39 is 43.5 Å². The van der Waals surface area contributed by atoms with Gasteiger partial charge in [0.15, 0.2) is 0 Å². The van der Waals surface area contributed by atoms with Crippen molar-refractivity contribution < 1.29 is 0 Å². The van der Waals surface area contributed by atoms with Crippen LogP contribution in [0.1, 0.15) is 12.8 Å². The van der Waals surface area contributed by atoms with Crippen molar-refractivity contribution in [2.45, 2.75) is 21.2 Å². The average molecular weight is 366 g/mol. The van der Waals surface area contributed by atoms with Crippen molar-refractivity contribution in [2.75, 3.05) is 0 Å². The Morgan fingerprint density at radius 2 is 1.33 bits per heavy atom. The third kappa shape index (κ3) is 2.66. The van der Waals surface area contributed by atoms with Gasteiger partial charge in [0.05, 0.1) is 0 Å². The SMILES string of the molecule is C1=[CH][In](/[N]=[N]/[In]2[CH]=CC[CH2]2)[CH2]C1. The molecule has 0 N–H and O–H groups in total. The molecule has 0 aromatic heterocycles. The van der Waals surface area contributed by atoms with Gasteiger partial charge in [0.1, 0.15) is 0 Å². The molecule has 0 aromatic rings. The van der Waals surface area contributed by atoms with Gasteiger partial charge in [-0.2, -0.15) is 0 Å². The summed E-state index contributed by atoms with van der Waals surface area (Å²) in [4.78, 5) is 0. The number of allylic oxidation sites excluding steroid dienone is 2. The molecular weight excluding hydrogens is 354 g/mol. The molecule has 60 valence electrons. The zero-order chi connectivity index (χ0) is 8.23. The van der Waals surface area contributed by atoms with Crippen LogP contribution in [0.4, 0.5) is 0 Å². The number of hydrogen-bond donors (Lipinski definition) is 0. The zero-order valence-corrected chi connectivity index (χ0v) is 13.8. The van der Waals surface area contributed by atoms with Crippen LogP contribution in [-0.4, -0.2) is 43.5 Å². The summed E-state index contributed by atoms with van der Waals surface area (Å²) >= 11 is -2.98. The summed E-state index contributed by atoms with van der Waals surface area (Å²) in [6, 6.07) is 0. The Morgan fingerprint density at radius 3 is 1.67 bits per heavy atom. The number of nitrogens with zero attached hydrogens (tertiary/aromatic N) is 2. The first-order valence-electron chi connectivity index (χ1n) is 4.68. The molecule has 0 saturated heterocycles. The molecule has 0 aromatic carbocycles. The Balaban J connectivity index is 1.84. The summed E-state index contributed by atoms with van der Waals surface area (Å²) in [7, 11) is 0. The quantitative estimate of drug-likeness (QED) is 0.671. The number of rotatable bonds is 2. The molecule has 2 aliphatic heterocycles. The van der Waals surface area contributed by atoms with Gasteiger partial charge in [-0.05, 0) is 0 Å². The molecule has 2 nitrogen and oxygen atoms in total. The van der Waals surface area contributed by atoms with Crippen molar-refractivity contribution >= 4 is 43.5 Å². The van der Waals surface area contributed by atoms with Crippen LogP contribution in [0.15, 0.2) is 26.0 Å².